The van der Waals surface area contributed by atoms with Crippen molar-refractivity contribution in [3.8, 4) is 22.7 Å². The maximum Gasteiger partial charge on any atom is 0.228 e. The van der Waals surface area contributed by atoms with Gasteiger partial charge in [-0.2, -0.15) is 0 Å². The van der Waals surface area contributed by atoms with E-state index in [1.165, 1.54) is 7.11 Å². The molecule has 0 saturated carbocycles. The van der Waals surface area contributed by atoms with Gasteiger partial charge >= 0.3 is 0 Å². The number of anilines is 2. The number of fused-ring (bicyclic) bond motifs is 1. The van der Waals surface area contributed by atoms with Crippen LogP contribution >= 0.6 is 8.46 Å². The number of rotatable bonds is 6. The lowest BCUT2D eigenvalue weighted by Gasteiger charge is -2.29. The Morgan fingerprint density at radius 1 is 1.05 bits per heavy atom. The first-order valence-electron chi connectivity index (χ1n) is 12.2. The molecule has 1 saturated heterocycles. The topological polar surface area (TPSA) is 122 Å². The van der Waals surface area contributed by atoms with E-state index in [2.05, 4.69) is 53.0 Å². The summed E-state index contributed by atoms with van der Waals surface area (Å²) in [5, 5.41) is 0.497. The number of aromatic nitrogens is 3. The zero-order chi connectivity index (χ0) is 26.4. The van der Waals surface area contributed by atoms with Crippen LogP contribution < -0.4 is 26.4 Å². The third kappa shape index (κ3) is 6.07. The highest BCUT2D eigenvalue weighted by Gasteiger charge is 2.15. The summed E-state index contributed by atoms with van der Waals surface area (Å²) >= 11 is 0. The van der Waals surface area contributed by atoms with Crippen molar-refractivity contribution in [1.82, 2.24) is 14.5 Å². The number of imidazole rings is 1. The van der Waals surface area contributed by atoms with E-state index in [4.69, 9.17) is 20.9 Å². The molecule has 0 aliphatic carbocycles. The molecule has 9 nitrogen and oxygen atoms in total. The highest BCUT2D eigenvalue weighted by Crippen LogP contribution is 2.30. The molecule has 2 aromatic carbocycles. The van der Waals surface area contributed by atoms with Crippen molar-refractivity contribution in [2.75, 3.05) is 50.6 Å². The Hall–Kier alpha value is -3.52. The number of nitrogens with zero attached hydrogens (tertiary/aromatic N) is 4. The Morgan fingerprint density at radius 2 is 1.73 bits per heavy atom. The van der Waals surface area contributed by atoms with Crippen molar-refractivity contribution in [3.63, 3.8) is 0 Å². The third-order valence-corrected chi connectivity index (χ3v) is 6.61. The molecular formula is C27H33N6O3P. The van der Waals surface area contributed by atoms with E-state index < -0.39 is 0 Å². The van der Waals surface area contributed by atoms with Crippen LogP contribution in [0.25, 0.3) is 27.8 Å². The summed E-state index contributed by atoms with van der Waals surface area (Å²) < 4.78 is 24.1. The monoisotopic (exact) mass is 520 g/mol. The fraction of sp³-hybridized carbons (Fsp3) is 0.333. The second-order valence-electron chi connectivity index (χ2n) is 9.10. The fourth-order valence-electron chi connectivity index (χ4n) is 4.00. The van der Waals surface area contributed by atoms with Crippen LogP contribution in [0.5, 0.6) is 5.88 Å². The lowest BCUT2D eigenvalue weighted by Crippen LogP contribution is -2.36. The summed E-state index contributed by atoms with van der Waals surface area (Å²) in [6.07, 6.45) is 1.70. The van der Waals surface area contributed by atoms with Crippen molar-refractivity contribution in [2.24, 2.45) is 11.7 Å². The predicted molar refractivity (Wildman–Crippen MR) is 149 cm³/mol. The lowest BCUT2D eigenvalue weighted by atomic mass is 10.1. The number of pyridine rings is 1. The first kappa shape index (κ1) is 26.5. The van der Waals surface area contributed by atoms with Gasteiger partial charge < -0.3 is 25.8 Å². The lowest BCUT2D eigenvalue weighted by molar-refractivity contribution is 0.122. The Bertz CT molecular complexity index is 1350. The summed E-state index contributed by atoms with van der Waals surface area (Å²) in [7, 11) is 1.37. The largest absolute Gasteiger partial charge is 0.480 e. The minimum atomic E-state index is -0.143. The maximum absolute atomic E-state index is 11.5. The molecule has 4 N–H and O–H groups in total. The van der Waals surface area contributed by atoms with Crippen molar-refractivity contribution >= 4 is 36.4 Å². The van der Waals surface area contributed by atoms with E-state index in [1.807, 2.05) is 28.8 Å². The molecule has 10 heteroatoms. The van der Waals surface area contributed by atoms with Gasteiger partial charge in [-0.15, -0.1) is 0 Å². The van der Waals surface area contributed by atoms with Crippen LogP contribution in [0.3, 0.4) is 0 Å². The van der Waals surface area contributed by atoms with Crippen LogP contribution in [0.4, 0.5) is 11.6 Å². The molecule has 0 bridgehead atoms. The summed E-state index contributed by atoms with van der Waals surface area (Å²) in [6.45, 7) is 8.27. The van der Waals surface area contributed by atoms with Gasteiger partial charge in [0.2, 0.25) is 11.8 Å². The Morgan fingerprint density at radius 3 is 2.35 bits per heavy atom. The van der Waals surface area contributed by atoms with Gasteiger partial charge in [0, 0.05) is 36.2 Å². The quantitative estimate of drug-likeness (QED) is 0.366. The van der Waals surface area contributed by atoms with Crippen molar-refractivity contribution < 1.29 is 14.0 Å². The van der Waals surface area contributed by atoms with Crippen LogP contribution in [0.1, 0.15) is 13.8 Å². The molecule has 1 fully saturated rings. The van der Waals surface area contributed by atoms with Crippen LogP contribution in [0, 0.1) is 5.92 Å². The second kappa shape index (κ2) is 12.1. The molecule has 1 aliphatic heterocycles. The van der Waals surface area contributed by atoms with Gasteiger partial charge in [-0.25, -0.2) is 9.97 Å². The zero-order valence-electron chi connectivity index (χ0n) is 21.4. The van der Waals surface area contributed by atoms with Crippen molar-refractivity contribution in [1.29, 1.82) is 0 Å². The second-order valence-corrected chi connectivity index (χ2v) is 9.76. The fourth-order valence-corrected chi connectivity index (χ4v) is 4.42. The summed E-state index contributed by atoms with van der Waals surface area (Å²) in [6, 6.07) is 16.0. The van der Waals surface area contributed by atoms with Gasteiger partial charge in [-0.3, -0.25) is 9.13 Å². The maximum atomic E-state index is 11.5. The summed E-state index contributed by atoms with van der Waals surface area (Å²) in [4.78, 5) is 11.1. The number of nitrogens with two attached hydrogens (primary N) is 2. The molecule has 37 heavy (non-hydrogen) atoms. The molecule has 5 rings (SSSR count). The number of morpholine rings is 1. The molecule has 0 amide bonds. The third-order valence-electron chi connectivity index (χ3n) is 6.09. The summed E-state index contributed by atoms with van der Waals surface area (Å²) in [5.74, 6) is 1.43. The number of benzene rings is 2. The van der Waals surface area contributed by atoms with E-state index in [-0.39, 0.29) is 8.46 Å². The van der Waals surface area contributed by atoms with Crippen molar-refractivity contribution in [2.45, 2.75) is 13.8 Å². The molecule has 2 aromatic heterocycles. The average molecular weight is 521 g/mol. The normalized spacial score (nSPS) is 13.6. The molecule has 194 valence electrons. The van der Waals surface area contributed by atoms with E-state index in [1.54, 1.807) is 6.20 Å². The Kier molecular flexibility index (Phi) is 8.71. The van der Waals surface area contributed by atoms with Gasteiger partial charge in [0.05, 0.1) is 31.4 Å². The number of ether oxygens (including phenoxy) is 2. The van der Waals surface area contributed by atoms with Crippen LogP contribution in [0.2, 0.25) is 0 Å². The molecule has 0 unspecified atom stereocenters. The Balaban J connectivity index is 0.000000586. The van der Waals surface area contributed by atoms with E-state index >= 15 is 0 Å². The number of methoxy groups -OCH3 is 1. The van der Waals surface area contributed by atoms with Gasteiger partial charge in [0.1, 0.15) is 5.30 Å². The zero-order valence-corrected chi connectivity index (χ0v) is 22.3. The number of hydrogen-bond acceptors (Lipinski definition) is 8. The van der Waals surface area contributed by atoms with Gasteiger partial charge in [-0.1, -0.05) is 19.9 Å². The molecule has 0 atom stereocenters. The van der Waals surface area contributed by atoms with Gasteiger partial charge in [0.25, 0.3) is 0 Å². The molecule has 3 heterocycles. The Labute approximate surface area is 218 Å². The minimum absolute atomic E-state index is 0.143. The highest BCUT2D eigenvalue weighted by molar-refractivity contribution is 7.34. The molecule has 0 spiro atoms. The molecule has 0 radical (unpaired) electrons. The molecular weight excluding hydrogens is 487 g/mol. The average Bonchev–Trinajstić information content (AvgIpc) is 3.28. The predicted octanol–water partition coefficient (Wildman–Crippen LogP) is 4.03. The molecule has 1 aliphatic rings. The van der Waals surface area contributed by atoms with E-state index in [0.29, 0.717) is 23.1 Å². The van der Waals surface area contributed by atoms with Crippen molar-refractivity contribution in [3.05, 3.63) is 54.7 Å². The molecule has 4 aromatic rings. The number of nitrogen functional groups attached to an aromatic ring is 1. The van der Waals surface area contributed by atoms with Gasteiger partial charge in [0.15, 0.2) is 8.46 Å². The summed E-state index contributed by atoms with van der Waals surface area (Å²) in [5.41, 5.74) is 17.0. The van der Waals surface area contributed by atoms with E-state index in [0.717, 1.165) is 66.4 Å². The highest BCUT2D eigenvalue weighted by atomic mass is 31.1. The SMILES string of the molecule is CC(C)CN.COc1ncc(-c2ccc3nc(N)n(-c4ccc(N5CCOCC5)cc4)c3c2)cc1P=O. The first-order chi connectivity index (χ1) is 17.9. The van der Waals surface area contributed by atoms with E-state index in [9.17, 15) is 4.57 Å². The first-order valence-corrected chi connectivity index (χ1v) is 13.0. The van der Waals surface area contributed by atoms with Crippen LogP contribution in [-0.4, -0.2) is 54.5 Å². The van der Waals surface area contributed by atoms with Crippen LogP contribution in [-0.2, 0) is 9.30 Å². The standard InChI is InChI=1S/C23H22N5O3P.C4H11N/c1-30-22-21(32-29)13-16(14-25-22)15-2-7-19-20(12-15)28(23(24)26-19)18-5-3-17(4-6-18)27-8-10-31-11-9-27;1-4(2)3-5/h2-7,12-14H,8-11H2,1H3,(H2,24,26);4H,3,5H2,1-2H3. The smallest absolute Gasteiger partial charge is 0.228 e. The minimum Gasteiger partial charge on any atom is -0.480 e. The number of hydrogen-bond donors (Lipinski definition) is 2. The van der Waals surface area contributed by atoms with Crippen LogP contribution in [0.15, 0.2) is 54.7 Å². The van der Waals surface area contributed by atoms with Gasteiger partial charge in [-0.05, 0) is 60.5 Å².